The van der Waals surface area contributed by atoms with Gasteiger partial charge in [0, 0.05) is 17.1 Å². The number of urea groups is 1. The molecule has 1 aliphatic heterocycles. The molecule has 0 aromatic heterocycles. The van der Waals surface area contributed by atoms with Crippen molar-refractivity contribution in [3.8, 4) is 0 Å². The van der Waals surface area contributed by atoms with Crippen molar-refractivity contribution in [2.24, 2.45) is 5.73 Å². The first kappa shape index (κ1) is 17.3. The van der Waals surface area contributed by atoms with E-state index in [2.05, 4.69) is 5.32 Å². The molecule has 0 radical (unpaired) electrons. The molecule has 2 atom stereocenters. The topological polar surface area (TPSA) is 75.4 Å². The van der Waals surface area contributed by atoms with E-state index in [1.54, 1.807) is 17.0 Å². The minimum Gasteiger partial charge on any atom is -0.352 e. The lowest BCUT2D eigenvalue weighted by Gasteiger charge is -2.39. The summed E-state index contributed by atoms with van der Waals surface area (Å²) in [7, 11) is 0. The Kier molecular flexibility index (Phi) is 4.95. The third-order valence-electron chi connectivity index (χ3n) is 4.47. The summed E-state index contributed by atoms with van der Waals surface area (Å²) in [6.45, 7) is 2.03. The Hall–Kier alpha value is -2.53. The second-order valence-corrected chi connectivity index (χ2v) is 6.52. The van der Waals surface area contributed by atoms with Crippen LogP contribution in [0.15, 0.2) is 48.5 Å². The van der Waals surface area contributed by atoms with Crippen LogP contribution in [-0.2, 0) is 11.2 Å². The second kappa shape index (κ2) is 7.15. The molecule has 130 valence electrons. The molecule has 2 aromatic carbocycles. The number of benzene rings is 2. The van der Waals surface area contributed by atoms with E-state index in [1.807, 2.05) is 43.3 Å². The summed E-state index contributed by atoms with van der Waals surface area (Å²) in [4.78, 5) is 26.2. The van der Waals surface area contributed by atoms with E-state index in [1.165, 1.54) is 0 Å². The molecule has 5 nitrogen and oxygen atoms in total. The molecule has 25 heavy (non-hydrogen) atoms. The van der Waals surface area contributed by atoms with Crippen LogP contribution in [0.1, 0.15) is 30.5 Å². The molecule has 0 fully saturated rings. The van der Waals surface area contributed by atoms with Crippen molar-refractivity contribution in [1.82, 2.24) is 5.32 Å². The maximum Gasteiger partial charge on any atom is 0.312 e. The maximum atomic E-state index is 13.1. The zero-order valence-corrected chi connectivity index (χ0v) is 14.7. The number of halogens is 1. The van der Waals surface area contributed by atoms with E-state index in [4.69, 9.17) is 17.3 Å². The number of primary amides is 1. The number of anilines is 1. The number of amides is 3. The SMILES string of the molecule is CC[C@@H](c1ccccc1)N1C(=O)[C@H](NC(N)=O)Cc2ccc(Cl)cc21. The molecule has 2 aromatic rings. The lowest BCUT2D eigenvalue weighted by atomic mass is 9.92. The molecule has 0 saturated carbocycles. The molecule has 6 heteroatoms. The van der Waals surface area contributed by atoms with E-state index in [0.717, 1.165) is 23.2 Å². The van der Waals surface area contributed by atoms with Gasteiger partial charge in [0.1, 0.15) is 6.04 Å². The molecular formula is C19H20ClN3O2. The van der Waals surface area contributed by atoms with Crippen molar-refractivity contribution >= 4 is 29.2 Å². The summed E-state index contributed by atoms with van der Waals surface area (Å²) in [5, 5.41) is 3.13. The quantitative estimate of drug-likeness (QED) is 0.879. The monoisotopic (exact) mass is 357 g/mol. The maximum absolute atomic E-state index is 13.1. The van der Waals surface area contributed by atoms with Gasteiger partial charge in [0.25, 0.3) is 5.91 Å². The summed E-state index contributed by atoms with van der Waals surface area (Å²) >= 11 is 6.18. The first-order valence-corrected chi connectivity index (χ1v) is 8.61. The van der Waals surface area contributed by atoms with Crippen molar-refractivity contribution in [2.45, 2.75) is 31.8 Å². The van der Waals surface area contributed by atoms with Gasteiger partial charge >= 0.3 is 6.03 Å². The summed E-state index contributed by atoms with van der Waals surface area (Å²) in [6, 6.07) is 13.8. The van der Waals surface area contributed by atoms with Crippen LogP contribution < -0.4 is 16.0 Å². The Morgan fingerprint density at radius 3 is 2.68 bits per heavy atom. The number of nitrogens with two attached hydrogens (primary N) is 1. The van der Waals surface area contributed by atoms with E-state index in [0.29, 0.717) is 11.4 Å². The van der Waals surface area contributed by atoms with Gasteiger partial charge in [-0.3, -0.25) is 4.79 Å². The summed E-state index contributed by atoms with van der Waals surface area (Å²) in [5.74, 6) is -0.177. The van der Waals surface area contributed by atoms with Crippen LogP contribution in [0.5, 0.6) is 0 Å². The molecule has 3 N–H and O–H groups in total. The normalized spacial score (nSPS) is 17.8. The van der Waals surface area contributed by atoms with Crippen LogP contribution in [0.3, 0.4) is 0 Å². The zero-order chi connectivity index (χ0) is 18.0. The molecule has 0 unspecified atom stereocenters. The third kappa shape index (κ3) is 3.46. The van der Waals surface area contributed by atoms with Crippen LogP contribution >= 0.6 is 11.6 Å². The second-order valence-electron chi connectivity index (χ2n) is 6.08. The average Bonchev–Trinajstić information content (AvgIpc) is 2.59. The van der Waals surface area contributed by atoms with E-state index < -0.39 is 12.1 Å². The average molecular weight is 358 g/mol. The summed E-state index contributed by atoms with van der Waals surface area (Å²) < 4.78 is 0. The highest BCUT2D eigenvalue weighted by molar-refractivity contribution is 6.31. The summed E-state index contributed by atoms with van der Waals surface area (Å²) in [5.41, 5.74) is 8.03. The van der Waals surface area contributed by atoms with Crippen molar-refractivity contribution in [2.75, 3.05) is 4.90 Å². The number of hydrogen-bond acceptors (Lipinski definition) is 2. The highest BCUT2D eigenvalue weighted by atomic mass is 35.5. The Bertz CT molecular complexity index is 795. The predicted molar refractivity (Wildman–Crippen MR) is 98.6 cm³/mol. The molecule has 3 amide bonds. The van der Waals surface area contributed by atoms with E-state index in [-0.39, 0.29) is 11.9 Å². The first-order valence-electron chi connectivity index (χ1n) is 8.23. The number of rotatable bonds is 4. The minimum absolute atomic E-state index is 0.150. The van der Waals surface area contributed by atoms with Crippen molar-refractivity contribution < 1.29 is 9.59 Å². The Labute approximate surface area is 151 Å². The molecule has 1 aliphatic rings. The third-order valence-corrected chi connectivity index (χ3v) is 4.70. The summed E-state index contributed by atoms with van der Waals surface area (Å²) in [6.07, 6.45) is 1.13. The minimum atomic E-state index is -0.705. The molecule has 0 bridgehead atoms. The molecule has 0 spiro atoms. The van der Waals surface area contributed by atoms with Crippen LogP contribution in [0.4, 0.5) is 10.5 Å². The fraction of sp³-hybridized carbons (Fsp3) is 0.263. The standard InChI is InChI=1S/C19H20ClN3O2/c1-2-16(12-6-4-3-5-7-12)23-17-11-14(20)9-8-13(17)10-15(18(23)24)22-19(21)25/h3-9,11,15-16H,2,10H2,1H3,(H3,21,22,25)/t15-,16+/m1/s1. The van der Waals surface area contributed by atoms with Crippen LogP contribution in [0, 0.1) is 0 Å². The van der Waals surface area contributed by atoms with Crippen LogP contribution in [0.25, 0.3) is 0 Å². The van der Waals surface area contributed by atoms with Gasteiger partial charge in [-0.05, 0) is 29.7 Å². The number of carbonyl (C=O) groups excluding carboxylic acids is 2. The predicted octanol–water partition coefficient (Wildman–Crippen LogP) is 3.42. The van der Waals surface area contributed by atoms with Gasteiger partial charge in [-0.2, -0.15) is 0 Å². The zero-order valence-electron chi connectivity index (χ0n) is 13.9. The van der Waals surface area contributed by atoms with Crippen molar-refractivity contribution in [3.63, 3.8) is 0 Å². The highest BCUT2D eigenvalue weighted by Crippen LogP contribution is 2.38. The van der Waals surface area contributed by atoms with Crippen molar-refractivity contribution in [3.05, 3.63) is 64.7 Å². The van der Waals surface area contributed by atoms with Gasteiger partial charge in [0.2, 0.25) is 0 Å². The van der Waals surface area contributed by atoms with E-state index >= 15 is 0 Å². The number of carbonyl (C=O) groups is 2. The van der Waals surface area contributed by atoms with Crippen molar-refractivity contribution in [1.29, 1.82) is 0 Å². The Morgan fingerprint density at radius 1 is 1.32 bits per heavy atom. The molecule has 3 rings (SSSR count). The fourth-order valence-corrected chi connectivity index (χ4v) is 3.54. The smallest absolute Gasteiger partial charge is 0.312 e. The number of fused-ring (bicyclic) bond motifs is 1. The van der Waals surface area contributed by atoms with Crippen LogP contribution in [0.2, 0.25) is 5.02 Å². The largest absolute Gasteiger partial charge is 0.352 e. The van der Waals surface area contributed by atoms with Gasteiger partial charge in [-0.15, -0.1) is 0 Å². The lowest BCUT2D eigenvalue weighted by molar-refractivity contribution is -0.121. The Balaban J connectivity index is 2.09. The number of nitrogens with one attached hydrogen (secondary N) is 1. The fourth-order valence-electron chi connectivity index (χ4n) is 3.38. The van der Waals surface area contributed by atoms with Gasteiger partial charge in [-0.1, -0.05) is 54.9 Å². The number of nitrogens with zero attached hydrogens (tertiary/aromatic N) is 1. The highest BCUT2D eigenvalue weighted by Gasteiger charge is 2.37. The van der Waals surface area contributed by atoms with Gasteiger partial charge in [-0.25, -0.2) is 4.79 Å². The molecule has 1 heterocycles. The van der Waals surface area contributed by atoms with Gasteiger partial charge < -0.3 is 16.0 Å². The first-order chi connectivity index (χ1) is 12.0. The van der Waals surface area contributed by atoms with E-state index in [9.17, 15) is 9.59 Å². The van der Waals surface area contributed by atoms with Gasteiger partial charge in [0.05, 0.1) is 6.04 Å². The molecule has 0 saturated heterocycles. The molecule has 0 aliphatic carbocycles. The van der Waals surface area contributed by atoms with Gasteiger partial charge in [0.15, 0.2) is 0 Å². The van der Waals surface area contributed by atoms with Crippen LogP contribution in [-0.4, -0.2) is 18.0 Å². The molecular weight excluding hydrogens is 338 g/mol. The number of hydrogen-bond donors (Lipinski definition) is 2. The lowest BCUT2D eigenvalue weighted by Crippen LogP contribution is -2.54. The Morgan fingerprint density at radius 2 is 2.04 bits per heavy atom.